The second kappa shape index (κ2) is 8.00. The summed E-state index contributed by atoms with van der Waals surface area (Å²) >= 11 is 0. The van der Waals surface area contributed by atoms with E-state index in [1.54, 1.807) is 25.1 Å². The molecule has 128 valence electrons. The van der Waals surface area contributed by atoms with Crippen LogP contribution >= 0.6 is 0 Å². The number of carbonyl (C=O) groups is 1. The predicted octanol–water partition coefficient (Wildman–Crippen LogP) is 2.16. The van der Waals surface area contributed by atoms with Gasteiger partial charge in [-0.25, -0.2) is 9.42 Å². The number of methoxy groups -OCH3 is 3. The molecular formula is C16H18N2O6. The predicted molar refractivity (Wildman–Crippen MR) is 84.0 cm³/mol. The molecule has 0 radical (unpaired) electrons. The second-order valence-corrected chi connectivity index (χ2v) is 4.70. The van der Waals surface area contributed by atoms with Crippen LogP contribution in [0, 0.1) is 6.92 Å². The van der Waals surface area contributed by atoms with Gasteiger partial charge in [-0.05, 0) is 30.7 Å². The molecular weight excluding hydrogens is 316 g/mol. The minimum Gasteiger partial charge on any atom is -0.493 e. The third-order valence-electron chi connectivity index (χ3n) is 3.20. The fourth-order valence-corrected chi connectivity index (χ4v) is 1.93. The second-order valence-electron chi connectivity index (χ2n) is 4.70. The van der Waals surface area contributed by atoms with Crippen LogP contribution in [0.2, 0.25) is 0 Å². The van der Waals surface area contributed by atoms with Crippen molar-refractivity contribution in [2.45, 2.75) is 13.5 Å². The smallest absolute Gasteiger partial charge is 0.331 e. The molecule has 1 aromatic carbocycles. The first-order chi connectivity index (χ1) is 11.6. The Hall–Kier alpha value is -3.03. The van der Waals surface area contributed by atoms with Crippen LogP contribution in [0.1, 0.15) is 17.0 Å². The van der Waals surface area contributed by atoms with Gasteiger partial charge in [0.05, 0.1) is 21.3 Å². The minimum absolute atomic E-state index is 0.00619. The molecule has 0 spiro atoms. The van der Waals surface area contributed by atoms with Gasteiger partial charge in [-0.3, -0.25) is 0 Å². The standard InChI is InChI=1S/C16H18N2O6/c1-10-12(18-24-17-10)9-23-15(19)6-5-11-7-13(20-2)16(22-4)14(8-11)21-3/h5-8H,9H2,1-4H3. The highest BCUT2D eigenvalue weighted by Gasteiger charge is 2.12. The zero-order chi connectivity index (χ0) is 17.5. The van der Waals surface area contributed by atoms with Gasteiger partial charge in [0.1, 0.15) is 18.0 Å². The van der Waals surface area contributed by atoms with Gasteiger partial charge in [0.25, 0.3) is 0 Å². The van der Waals surface area contributed by atoms with E-state index in [4.69, 9.17) is 18.9 Å². The number of nitrogens with zero attached hydrogens (tertiary/aromatic N) is 2. The van der Waals surface area contributed by atoms with Crippen LogP contribution in [0.5, 0.6) is 17.2 Å². The zero-order valence-corrected chi connectivity index (χ0v) is 13.9. The first-order valence-electron chi connectivity index (χ1n) is 7.02. The Morgan fingerprint density at radius 2 is 1.79 bits per heavy atom. The SMILES string of the molecule is COc1cc(C=CC(=O)OCc2nonc2C)cc(OC)c1OC. The lowest BCUT2D eigenvalue weighted by Gasteiger charge is -2.12. The molecule has 1 aromatic heterocycles. The molecule has 0 aliphatic rings. The number of ether oxygens (including phenoxy) is 4. The highest BCUT2D eigenvalue weighted by molar-refractivity contribution is 5.87. The van der Waals surface area contributed by atoms with Crippen molar-refractivity contribution in [1.82, 2.24) is 10.3 Å². The molecule has 2 rings (SSSR count). The number of benzene rings is 1. The normalized spacial score (nSPS) is 10.7. The van der Waals surface area contributed by atoms with Crippen molar-refractivity contribution >= 4 is 12.0 Å². The van der Waals surface area contributed by atoms with Gasteiger partial charge < -0.3 is 18.9 Å². The minimum atomic E-state index is -0.522. The van der Waals surface area contributed by atoms with Gasteiger partial charge in [-0.1, -0.05) is 10.3 Å². The van der Waals surface area contributed by atoms with Crippen molar-refractivity contribution in [2.24, 2.45) is 0 Å². The summed E-state index contributed by atoms with van der Waals surface area (Å²) < 4.78 is 25.4. The number of esters is 1. The Balaban J connectivity index is 2.07. The van der Waals surface area contributed by atoms with Crippen molar-refractivity contribution < 1.29 is 28.4 Å². The topological polar surface area (TPSA) is 92.9 Å². The van der Waals surface area contributed by atoms with E-state index in [9.17, 15) is 4.79 Å². The fraction of sp³-hybridized carbons (Fsp3) is 0.312. The average molecular weight is 334 g/mol. The van der Waals surface area contributed by atoms with Crippen molar-refractivity contribution in [3.8, 4) is 17.2 Å². The first kappa shape index (κ1) is 17.3. The van der Waals surface area contributed by atoms with Crippen molar-refractivity contribution in [3.05, 3.63) is 35.2 Å². The van der Waals surface area contributed by atoms with Crippen molar-refractivity contribution in [1.29, 1.82) is 0 Å². The molecule has 0 unspecified atom stereocenters. The van der Waals surface area contributed by atoms with Crippen LogP contribution < -0.4 is 14.2 Å². The van der Waals surface area contributed by atoms with Gasteiger partial charge in [0.15, 0.2) is 11.5 Å². The summed E-state index contributed by atoms with van der Waals surface area (Å²) in [4.78, 5) is 11.8. The average Bonchev–Trinajstić information content (AvgIpc) is 3.01. The van der Waals surface area contributed by atoms with E-state index in [0.29, 0.717) is 34.2 Å². The molecule has 8 nitrogen and oxygen atoms in total. The molecule has 2 aromatic rings. The lowest BCUT2D eigenvalue weighted by atomic mass is 10.1. The van der Waals surface area contributed by atoms with Gasteiger partial charge in [0, 0.05) is 6.08 Å². The Bertz CT molecular complexity index is 713. The molecule has 0 fully saturated rings. The number of carbonyl (C=O) groups excluding carboxylic acids is 1. The maximum Gasteiger partial charge on any atom is 0.331 e. The van der Waals surface area contributed by atoms with Crippen LogP contribution in [0.3, 0.4) is 0 Å². The lowest BCUT2D eigenvalue weighted by molar-refractivity contribution is -0.139. The van der Waals surface area contributed by atoms with Gasteiger partial charge >= 0.3 is 5.97 Å². The van der Waals surface area contributed by atoms with Crippen LogP contribution in [-0.2, 0) is 16.1 Å². The number of aromatic nitrogens is 2. The Kier molecular flexibility index (Phi) is 5.78. The van der Waals surface area contributed by atoms with Crippen molar-refractivity contribution in [2.75, 3.05) is 21.3 Å². The van der Waals surface area contributed by atoms with E-state index in [1.165, 1.54) is 27.4 Å². The van der Waals surface area contributed by atoms with E-state index in [-0.39, 0.29) is 6.61 Å². The van der Waals surface area contributed by atoms with E-state index in [1.807, 2.05) is 0 Å². The molecule has 0 aliphatic carbocycles. The van der Waals surface area contributed by atoms with Crippen LogP contribution in [0.4, 0.5) is 0 Å². The Morgan fingerprint density at radius 3 is 2.29 bits per heavy atom. The lowest BCUT2D eigenvalue weighted by Crippen LogP contribution is -2.02. The van der Waals surface area contributed by atoms with Crippen LogP contribution in [0.15, 0.2) is 22.8 Å². The highest BCUT2D eigenvalue weighted by Crippen LogP contribution is 2.38. The van der Waals surface area contributed by atoms with E-state index < -0.39 is 5.97 Å². The van der Waals surface area contributed by atoms with Gasteiger partial charge in [-0.2, -0.15) is 0 Å². The Labute approximate surface area is 138 Å². The summed E-state index contributed by atoms with van der Waals surface area (Å²) in [6, 6.07) is 3.44. The highest BCUT2D eigenvalue weighted by atomic mass is 16.6. The molecule has 0 atom stereocenters. The maximum absolute atomic E-state index is 11.8. The number of hydrogen-bond acceptors (Lipinski definition) is 8. The third kappa shape index (κ3) is 4.03. The molecule has 0 amide bonds. The summed E-state index contributed by atoms with van der Waals surface area (Å²) in [7, 11) is 4.56. The molecule has 0 saturated heterocycles. The molecule has 0 N–H and O–H groups in total. The summed E-state index contributed by atoms with van der Waals surface area (Å²) in [5, 5.41) is 7.24. The Morgan fingerprint density at radius 1 is 1.12 bits per heavy atom. The molecule has 1 heterocycles. The molecule has 0 bridgehead atoms. The number of rotatable bonds is 7. The maximum atomic E-state index is 11.8. The largest absolute Gasteiger partial charge is 0.493 e. The van der Waals surface area contributed by atoms with E-state index >= 15 is 0 Å². The van der Waals surface area contributed by atoms with Gasteiger partial charge in [0.2, 0.25) is 5.75 Å². The monoisotopic (exact) mass is 334 g/mol. The summed E-state index contributed by atoms with van der Waals surface area (Å²) in [5.41, 5.74) is 1.75. The zero-order valence-electron chi connectivity index (χ0n) is 13.9. The summed E-state index contributed by atoms with van der Waals surface area (Å²) in [6.07, 6.45) is 2.88. The molecule has 0 aliphatic heterocycles. The number of hydrogen-bond donors (Lipinski definition) is 0. The summed E-state index contributed by atoms with van der Waals surface area (Å²) in [5.74, 6) is 0.947. The van der Waals surface area contributed by atoms with E-state index in [2.05, 4.69) is 14.9 Å². The third-order valence-corrected chi connectivity index (χ3v) is 3.20. The number of aryl methyl sites for hydroxylation is 1. The quantitative estimate of drug-likeness (QED) is 0.562. The van der Waals surface area contributed by atoms with E-state index in [0.717, 1.165) is 0 Å². The molecule has 24 heavy (non-hydrogen) atoms. The van der Waals surface area contributed by atoms with Crippen molar-refractivity contribution in [3.63, 3.8) is 0 Å². The molecule has 0 saturated carbocycles. The fourth-order valence-electron chi connectivity index (χ4n) is 1.93. The van der Waals surface area contributed by atoms with Crippen LogP contribution in [0.25, 0.3) is 6.08 Å². The van der Waals surface area contributed by atoms with Crippen LogP contribution in [-0.4, -0.2) is 37.6 Å². The molecule has 8 heteroatoms. The first-order valence-corrected chi connectivity index (χ1v) is 7.02. The van der Waals surface area contributed by atoms with Gasteiger partial charge in [-0.15, -0.1) is 0 Å². The summed E-state index contributed by atoms with van der Waals surface area (Å²) in [6.45, 7) is 1.71.